The summed E-state index contributed by atoms with van der Waals surface area (Å²) in [6.07, 6.45) is 0. The van der Waals surface area contributed by atoms with Crippen molar-refractivity contribution in [2.75, 3.05) is 32.7 Å². The van der Waals surface area contributed by atoms with Gasteiger partial charge in [0, 0.05) is 37.3 Å². The van der Waals surface area contributed by atoms with Crippen LogP contribution in [0.3, 0.4) is 0 Å². The highest BCUT2D eigenvalue weighted by Crippen LogP contribution is 2.31. The van der Waals surface area contributed by atoms with Gasteiger partial charge in [-0.15, -0.1) is 0 Å². The average Bonchev–Trinajstić information content (AvgIpc) is 2.50. The van der Waals surface area contributed by atoms with Gasteiger partial charge < -0.3 is 14.5 Å². The Bertz CT molecular complexity index is 541. The third kappa shape index (κ3) is 4.06. The normalized spacial score (nSPS) is 16.7. The Labute approximate surface area is 141 Å². The Morgan fingerprint density at radius 1 is 1.23 bits per heavy atom. The summed E-state index contributed by atoms with van der Waals surface area (Å²) in [5.74, 6) is 0.402. The van der Waals surface area contributed by atoms with Crippen LogP contribution >= 0.6 is 23.2 Å². The van der Waals surface area contributed by atoms with Crippen molar-refractivity contribution in [1.29, 1.82) is 0 Å². The van der Waals surface area contributed by atoms with E-state index >= 15 is 0 Å². The number of carbonyl (C=O) groups is 1. The first-order chi connectivity index (χ1) is 10.3. The van der Waals surface area contributed by atoms with Crippen molar-refractivity contribution in [3.63, 3.8) is 0 Å². The highest BCUT2D eigenvalue weighted by atomic mass is 35.5. The molecule has 0 atom stereocenters. The van der Waals surface area contributed by atoms with Gasteiger partial charge in [0.05, 0.1) is 5.02 Å². The minimum absolute atomic E-state index is 0.0284. The van der Waals surface area contributed by atoms with Crippen LogP contribution < -0.4 is 4.74 Å². The highest BCUT2D eigenvalue weighted by molar-refractivity contribution is 6.34. The van der Waals surface area contributed by atoms with Gasteiger partial charge in [-0.25, -0.2) is 0 Å². The van der Waals surface area contributed by atoms with Gasteiger partial charge in [0.2, 0.25) is 0 Å². The predicted octanol–water partition coefficient (Wildman–Crippen LogP) is 3.31. The molecule has 0 bridgehead atoms. The molecule has 1 aliphatic rings. The fourth-order valence-electron chi connectivity index (χ4n) is 2.52. The van der Waals surface area contributed by atoms with Crippen LogP contribution in [0.1, 0.15) is 20.8 Å². The molecule has 0 radical (unpaired) electrons. The summed E-state index contributed by atoms with van der Waals surface area (Å²) in [5.41, 5.74) is -0.983. The smallest absolute Gasteiger partial charge is 0.266 e. The number of benzene rings is 1. The number of amides is 1. The van der Waals surface area contributed by atoms with E-state index < -0.39 is 5.60 Å². The van der Waals surface area contributed by atoms with Crippen molar-refractivity contribution in [1.82, 2.24) is 9.80 Å². The summed E-state index contributed by atoms with van der Waals surface area (Å²) in [6, 6.07) is 4.99. The number of ether oxygens (including phenoxy) is 1. The highest BCUT2D eigenvalue weighted by Gasteiger charge is 2.36. The Balaban J connectivity index is 2.06. The molecule has 22 heavy (non-hydrogen) atoms. The number of rotatable bonds is 4. The maximum atomic E-state index is 12.7. The predicted molar refractivity (Wildman–Crippen MR) is 89.9 cm³/mol. The summed E-state index contributed by atoms with van der Waals surface area (Å²) in [5, 5.41) is 0.972. The largest absolute Gasteiger partial charge is 0.476 e. The van der Waals surface area contributed by atoms with Gasteiger partial charge in [-0.2, -0.15) is 0 Å². The van der Waals surface area contributed by atoms with Gasteiger partial charge in [-0.3, -0.25) is 4.79 Å². The fourth-order valence-corrected chi connectivity index (χ4v) is 2.84. The molecule has 0 saturated carbocycles. The van der Waals surface area contributed by atoms with Gasteiger partial charge in [0.25, 0.3) is 5.91 Å². The molecule has 0 N–H and O–H groups in total. The molecular weight excluding hydrogens is 323 g/mol. The van der Waals surface area contributed by atoms with Gasteiger partial charge >= 0.3 is 0 Å². The third-order valence-corrected chi connectivity index (χ3v) is 4.43. The topological polar surface area (TPSA) is 32.8 Å². The van der Waals surface area contributed by atoms with Crippen LogP contribution in [0.25, 0.3) is 0 Å². The van der Waals surface area contributed by atoms with Crippen molar-refractivity contribution in [2.24, 2.45) is 0 Å². The zero-order chi connectivity index (χ0) is 16.3. The monoisotopic (exact) mass is 344 g/mol. The number of likely N-dealkylation sites (N-methyl/N-ethyl adjacent to an activating group) is 1. The lowest BCUT2D eigenvalue weighted by atomic mass is 10.1. The Morgan fingerprint density at radius 2 is 1.86 bits per heavy atom. The SMILES string of the molecule is CCN1CCN(C(=O)C(C)(C)Oc2cc(Cl)ccc2Cl)CC1. The molecule has 1 aliphatic heterocycles. The zero-order valence-corrected chi connectivity index (χ0v) is 14.7. The van der Waals surface area contributed by atoms with Crippen molar-refractivity contribution >= 4 is 29.1 Å². The van der Waals surface area contributed by atoms with E-state index in [4.69, 9.17) is 27.9 Å². The van der Waals surface area contributed by atoms with E-state index in [0.29, 0.717) is 15.8 Å². The van der Waals surface area contributed by atoms with Crippen LogP contribution in [-0.4, -0.2) is 54.0 Å². The second-order valence-corrected chi connectivity index (χ2v) is 6.76. The second-order valence-electron chi connectivity index (χ2n) is 5.91. The Kier molecular flexibility index (Phi) is 5.59. The molecule has 1 saturated heterocycles. The van der Waals surface area contributed by atoms with E-state index in [1.54, 1.807) is 32.0 Å². The molecule has 1 heterocycles. The second kappa shape index (κ2) is 7.07. The molecular formula is C16H22Cl2N2O2. The Morgan fingerprint density at radius 3 is 2.45 bits per heavy atom. The molecule has 1 fully saturated rings. The molecule has 6 heteroatoms. The van der Waals surface area contributed by atoms with Crippen molar-refractivity contribution in [2.45, 2.75) is 26.4 Å². The number of hydrogen-bond donors (Lipinski definition) is 0. The standard InChI is InChI=1S/C16H22Cl2N2O2/c1-4-19-7-9-20(10-8-19)15(21)16(2,3)22-14-11-12(17)5-6-13(14)18/h5-6,11H,4,7-10H2,1-3H3. The quantitative estimate of drug-likeness (QED) is 0.839. The first kappa shape index (κ1) is 17.4. The molecule has 0 aromatic heterocycles. The number of halogens is 2. The van der Waals surface area contributed by atoms with Crippen molar-refractivity contribution < 1.29 is 9.53 Å². The lowest BCUT2D eigenvalue weighted by Crippen LogP contribution is -2.55. The summed E-state index contributed by atoms with van der Waals surface area (Å²) in [4.78, 5) is 16.9. The number of nitrogens with zero attached hydrogens (tertiary/aromatic N) is 2. The van der Waals surface area contributed by atoms with Gasteiger partial charge in [0.1, 0.15) is 5.75 Å². The van der Waals surface area contributed by atoms with E-state index in [-0.39, 0.29) is 5.91 Å². The summed E-state index contributed by atoms with van der Waals surface area (Å²) in [7, 11) is 0. The van der Waals surface area contributed by atoms with Crippen molar-refractivity contribution in [3.8, 4) is 5.75 Å². The molecule has 2 rings (SSSR count). The number of hydrogen-bond acceptors (Lipinski definition) is 3. The zero-order valence-electron chi connectivity index (χ0n) is 13.2. The third-order valence-electron chi connectivity index (χ3n) is 3.88. The molecule has 4 nitrogen and oxygen atoms in total. The molecule has 1 amide bonds. The summed E-state index contributed by atoms with van der Waals surface area (Å²) in [6.45, 7) is 9.92. The van der Waals surface area contributed by atoms with Crippen LogP contribution in [0.15, 0.2) is 18.2 Å². The minimum Gasteiger partial charge on any atom is -0.476 e. The average molecular weight is 345 g/mol. The first-order valence-electron chi connectivity index (χ1n) is 7.49. The van der Waals surface area contributed by atoms with E-state index in [1.807, 2.05) is 4.90 Å². The lowest BCUT2D eigenvalue weighted by Gasteiger charge is -2.38. The van der Waals surface area contributed by atoms with Crippen molar-refractivity contribution in [3.05, 3.63) is 28.2 Å². The van der Waals surface area contributed by atoms with Gasteiger partial charge in [0.15, 0.2) is 5.60 Å². The molecule has 0 spiro atoms. The number of piperazine rings is 1. The molecule has 0 unspecified atom stereocenters. The van der Waals surface area contributed by atoms with E-state index in [2.05, 4.69) is 11.8 Å². The minimum atomic E-state index is -0.983. The molecule has 0 aliphatic carbocycles. The van der Waals surface area contributed by atoms with E-state index in [1.165, 1.54) is 0 Å². The first-order valence-corrected chi connectivity index (χ1v) is 8.25. The maximum Gasteiger partial charge on any atom is 0.266 e. The van der Waals surface area contributed by atoms with E-state index in [0.717, 1.165) is 32.7 Å². The molecule has 122 valence electrons. The molecule has 1 aromatic rings. The van der Waals surface area contributed by atoms with Crippen LogP contribution in [0.5, 0.6) is 5.75 Å². The molecule has 1 aromatic carbocycles. The van der Waals surface area contributed by atoms with Crippen LogP contribution in [0.2, 0.25) is 10.0 Å². The summed E-state index contributed by atoms with van der Waals surface area (Å²) >= 11 is 12.1. The van der Waals surface area contributed by atoms with Gasteiger partial charge in [-0.05, 0) is 32.5 Å². The van der Waals surface area contributed by atoms with Crippen LogP contribution in [0.4, 0.5) is 0 Å². The van der Waals surface area contributed by atoms with Crippen LogP contribution in [0, 0.1) is 0 Å². The van der Waals surface area contributed by atoms with Crippen LogP contribution in [-0.2, 0) is 4.79 Å². The Hall–Kier alpha value is -0.970. The fraction of sp³-hybridized carbons (Fsp3) is 0.562. The van der Waals surface area contributed by atoms with Gasteiger partial charge in [-0.1, -0.05) is 30.1 Å². The summed E-state index contributed by atoms with van der Waals surface area (Å²) < 4.78 is 5.86. The maximum absolute atomic E-state index is 12.7. The van der Waals surface area contributed by atoms with E-state index in [9.17, 15) is 4.79 Å². The lowest BCUT2D eigenvalue weighted by molar-refractivity contribution is -0.147. The number of carbonyl (C=O) groups excluding carboxylic acids is 1.